The van der Waals surface area contributed by atoms with Gasteiger partial charge in [-0.15, -0.1) is 0 Å². The summed E-state index contributed by atoms with van der Waals surface area (Å²) in [5.41, 5.74) is -6.15. The summed E-state index contributed by atoms with van der Waals surface area (Å²) >= 11 is 0. The van der Waals surface area contributed by atoms with E-state index in [-0.39, 0.29) is 5.46 Å². The molecule has 4 rings (SSSR count). The van der Waals surface area contributed by atoms with E-state index in [2.05, 4.69) is 0 Å². The molecule has 1 heterocycles. The van der Waals surface area contributed by atoms with Gasteiger partial charge in [-0.3, -0.25) is 0 Å². The molecule has 1 fully saturated rings. The zero-order valence-electron chi connectivity index (χ0n) is 23.5. The maximum atomic E-state index is 14.1. The molecular weight excluding hydrogens is 633 g/mol. The van der Waals surface area contributed by atoms with Gasteiger partial charge in [0.25, 0.3) is 0 Å². The van der Waals surface area contributed by atoms with Gasteiger partial charge in [0.15, 0.2) is 46.5 Å². The predicted molar refractivity (Wildman–Crippen MR) is 133 cm³/mol. The number of rotatable bonds is 7. The van der Waals surface area contributed by atoms with Crippen LogP contribution in [0.1, 0.15) is 59.5 Å². The van der Waals surface area contributed by atoms with Crippen molar-refractivity contribution in [2.24, 2.45) is 0 Å². The van der Waals surface area contributed by atoms with Gasteiger partial charge in [-0.2, -0.15) is 0 Å². The van der Waals surface area contributed by atoms with Crippen molar-refractivity contribution in [2.45, 2.75) is 52.1 Å². The third kappa shape index (κ3) is 6.10. The third-order valence-corrected chi connectivity index (χ3v) is 7.25. The molecule has 0 aliphatic carbocycles. The Hall–Kier alpha value is -4.12. The minimum atomic E-state index is -2.44. The summed E-state index contributed by atoms with van der Waals surface area (Å²) in [5.74, 6) is -26.0. The molecular formula is C28H19BF10O6. The first-order valence-electron chi connectivity index (χ1n) is 12.6. The molecule has 0 saturated carbocycles. The van der Waals surface area contributed by atoms with Crippen molar-refractivity contribution in [3.05, 3.63) is 98.6 Å². The highest BCUT2D eigenvalue weighted by Gasteiger charge is 2.52. The average Bonchev–Trinajstić information content (AvgIpc) is 3.22. The van der Waals surface area contributed by atoms with Gasteiger partial charge in [-0.05, 0) is 51.4 Å². The van der Waals surface area contributed by atoms with Crippen LogP contribution in [-0.2, 0) is 32.0 Å². The Kier molecular flexibility index (Phi) is 9.01. The Morgan fingerprint density at radius 1 is 0.556 bits per heavy atom. The van der Waals surface area contributed by atoms with Crippen molar-refractivity contribution in [1.82, 2.24) is 0 Å². The maximum absolute atomic E-state index is 14.1. The first kappa shape index (κ1) is 33.8. The number of ether oxygens (including phenoxy) is 2. The number of esters is 2. The lowest BCUT2D eigenvalue weighted by Crippen LogP contribution is -2.41. The summed E-state index contributed by atoms with van der Waals surface area (Å²) in [4.78, 5) is 25.7. The molecule has 1 aliphatic rings. The zero-order chi connectivity index (χ0) is 33.8. The molecule has 6 nitrogen and oxygen atoms in total. The van der Waals surface area contributed by atoms with E-state index in [1.807, 2.05) is 0 Å². The van der Waals surface area contributed by atoms with Crippen LogP contribution in [0.25, 0.3) is 0 Å². The smallest absolute Gasteiger partial charge is 0.457 e. The van der Waals surface area contributed by atoms with Crippen LogP contribution in [0.15, 0.2) is 18.2 Å². The van der Waals surface area contributed by atoms with E-state index < -0.39 is 124 Å². The molecule has 0 spiro atoms. The van der Waals surface area contributed by atoms with E-state index in [0.29, 0.717) is 0 Å². The van der Waals surface area contributed by atoms with Crippen LogP contribution in [0.2, 0.25) is 0 Å². The Labute approximate surface area is 248 Å². The van der Waals surface area contributed by atoms with Crippen molar-refractivity contribution >= 4 is 24.5 Å². The van der Waals surface area contributed by atoms with Gasteiger partial charge < -0.3 is 18.8 Å². The van der Waals surface area contributed by atoms with E-state index in [1.54, 1.807) is 27.7 Å². The molecule has 3 aromatic carbocycles. The summed E-state index contributed by atoms with van der Waals surface area (Å²) in [6.45, 7) is 3.68. The highest BCUT2D eigenvalue weighted by molar-refractivity contribution is 6.62. The summed E-state index contributed by atoms with van der Waals surface area (Å²) in [5, 5.41) is 0. The lowest BCUT2D eigenvalue weighted by Gasteiger charge is -2.32. The monoisotopic (exact) mass is 652 g/mol. The third-order valence-electron chi connectivity index (χ3n) is 7.25. The van der Waals surface area contributed by atoms with Gasteiger partial charge in [-0.1, -0.05) is 0 Å². The molecule has 240 valence electrons. The second-order valence-electron chi connectivity index (χ2n) is 10.7. The standard InChI is InChI=1S/C28H19BF10O6/c1-27(2)28(3,4)45-29(44-27)12-6-10(25(40)42-8-13-15(30)19(34)23(38)20(35)16(13)31)5-11(7-12)26(41)43-9-14-17(32)21(36)24(39)22(37)18(14)33/h5-7H,8-9H2,1-4H3. The van der Waals surface area contributed by atoms with Gasteiger partial charge in [0.2, 0.25) is 11.6 Å². The molecule has 0 N–H and O–H groups in total. The fourth-order valence-corrected chi connectivity index (χ4v) is 4.00. The molecule has 0 bridgehead atoms. The molecule has 17 heteroatoms. The van der Waals surface area contributed by atoms with Crippen molar-refractivity contribution in [3.63, 3.8) is 0 Å². The molecule has 0 aromatic heterocycles. The Morgan fingerprint density at radius 3 is 1.16 bits per heavy atom. The molecule has 1 aliphatic heterocycles. The van der Waals surface area contributed by atoms with E-state index in [1.165, 1.54) is 0 Å². The Bertz CT molecular complexity index is 1550. The molecule has 0 atom stereocenters. The van der Waals surface area contributed by atoms with Crippen molar-refractivity contribution < 1.29 is 72.3 Å². The summed E-state index contributed by atoms with van der Waals surface area (Å²) < 4.78 is 158. The predicted octanol–water partition coefficient (Wildman–Crippen LogP) is 6.09. The number of hydrogen-bond acceptors (Lipinski definition) is 6. The highest BCUT2D eigenvalue weighted by Crippen LogP contribution is 2.36. The van der Waals surface area contributed by atoms with E-state index >= 15 is 0 Å². The minimum Gasteiger partial charge on any atom is -0.457 e. The maximum Gasteiger partial charge on any atom is 0.494 e. The van der Waals surface area contributed by atoms with Crippen LogP contribution in [0.4, 0.5) is 43.9 Å². The van der Waals surface area contributed by atoms with Gasteiger partial charge >= 0.3 is 19.1 Å². The largest absolute Gasteiger partial charge is 0.494 e. The van der Waals surface area contributed by atoms with E-state index in [0.717, 1.165) is 18.2 Å². The summed E-state index contributed by atoms with van der Waals surface area (Å²) in [6.07, 6.45) is 0. The van der Waals surface area contributed by atoms with Crippen LogP contribution in [-0.4, -0.2) is 30.3 Å². The van der Waals surface area contributed by atoms with E-state index in [4.69, 9.17) is 18.8 Å². The number of halogens is 10. The number of benzene rings is 3. The number of hydrogen-bond donors (Lipinski definition) is 0. The van der Waals surface area contributed by atoms with Crippen LogP contribution in [0.3, 0.4) is 0 Å². The first-order chi connectivity index (χ1) is 20.8. The van der Waals surface area contributed by atoms with Crippen LogP contribution in [0.5, 0.6) is 0 Å². The molecule has 0 radical (unpaired) electrons. The molecule has 0 unspecified atom stereocenters. The van der Waals surface area contributed by atoms with Crippen molar-refractivity contribution in [1.29, 1.82) is 0 Å². The molecule has 45 heavy (non-hydrogen) atoms. The second kappa shape index (κ2) is 12.0. The summed E-state index contributed by atoms with van der Waals surface area (Å²) in [7, 11) is -1.29. The van der Waals surface area contributed by atoms with Crippen molar-refractivity contribution in [2.75, 3.05) is 0 Å². The molecule has 0 amide bonds. The normalized spacial score (nSPS) is 15.4. The van der Waals surface area contributed by atoms with Crippen molar-refractivity contribution in [3.8, 4) is 0 Å². The van der Waals surface area contributed by atoms with Gasteiger partial charge in [0.1, 0.15) is 13.2 Å². The minimum absolute atomic E-state index is 0.0810. The van der Waals surface area contributed by atoms with Gasteiger partial charge in [-0.25, -0.2) is 53.5 Å². The van der Waals surface area contributed by atoms with Crippen LogP contribution in [0, 0.1) is 58.2 Å². The topological polar surface area (TPSA) is 71.1 Å². The fourth-order valence-electron chi connectivity index (χ4n) is 4.00. The molecule has 3 aromatic rings. The fraction of sp³-hybridized carbons (Fsp3) is 0.286. The summed E-state index contributed by atoms with van der Waals surface area (Å²) in [6, 6.07) is 2.81. The second-order valence-corrected chi connectivity index (χ2v) is 10.7. The van der Waals surface area contributed by atoms with Crippen LogP contribution < -0.4 is 5.46 Å². The Balaban J connectivity index is 1.67. The van der Waals surface area contributed by atoms with Crippen LogP contribution >= 0.6 is 0 Å². The molecule has 1 saturated heterocycles. The lowest BCUT2D eigenvalue weighted by molar-refractivity contribution is 0.00578. The SMILES string of the molecule is CC1(C)OB(c2cc(C(=O)OCc3c(F)c(F)c(F)c(F)c3F)cc(C(=O)OCc3c(F)c(F)c(F)c(F)c3F)c2)OC1(C)C. The Morgan fingerprint density at radius 2 is 0.844 bits per heavy atom. The number of carbonyl (C=O) groups excluding carboxylic acids is 2. The highest BCUT2D eigenvalue weighted by atomic mass is 19.2. The van der Waals surface area contributed by atoms with Gasteiger partial charge in [0.05, 0.1) is 33.5 Å². The van der Waals surface area contributed by atoms with Gasteiger partial charge in [0, 0.05) is 0 Å². The lowest BCUT2D eigenvalue weighted by atomic mass is 9.77. The average molecular weight is 652 g/mol. The number of carbonyl (C=O) groups is 2. The van der Waals surface area contributed by atoms with E-state index in [9.17, 15) is 53.5 Å². The quantitative estimate of drug-likeness (QED) is 0.101. The zero-order valence-corrected chi connectivity index (χ0v) is 23.5. The first-order valence-corrected chi connectivity index (χ1v) is 12.6.